The molecule has 1 aromatic rings. The lowest BCUT2D eigenvalue weighted by atomic mass is 10.2. The second kappa shape index (κ2) is 10.1. The second-order valence-electron chi connectivity index (χ2n) is 8.02. The minimum absolute atomic E-state index is 0.207. The summed E-state index contributed by atoms with van der Waals surface area (Å²) >= 11 is 0. The van der Waals surface area contributed by atoms with Crippen LogP contribution in [0.15, 0.2) is 17.2 Å². The smallest absolute Gasteiger partial charge is 0.267 e. The van der Waals surface area contributed by atoms with Gasteiger partial charge in [-0.2, -0.15) is 4.31 Å². The minimum atomic E-state index is -3.50. The Kier molecular flexibility index (Phi) is 7.72. The number of carbonyl (C=O) groups excluding carboxylic acids is 1. The Hall–Kier alpha value is -1.42. The van der Waals surface area contributed by atoms with Crippen LogP contribution in [-0.4, -0.2) is 91.9 Å². The van der Waals surface area contributed by atoms with Gasteiger partial charge in [-0.25, -0.2) is 8.42 Å². The van der Waals surface area contributed by atoms with Crippen LogP contribution in [0.1, 0.15) is 43.1 Å². The Balaban J connectivity index is 1.42. The largest absolute Gasteiger partial charge is 0.351 e. The first-order chi connectivity index (χ1) is 13.9. The van der Waals surface area contributed by atoms with Crippen molar-refractivity contribution >= 4 is 15.9 Å². The molecule has 2 aliphatic rings. The van der Waals surface area contributed by atoms with Crippen molar-refractivity contribution in [2.45, 2.75) is 37.5 Å². The molecule has 0 aliphatic carbocycles. The first-order valence-electron chi connectivity index (χ1n) is 10.8. The number of unbranched alkanes of at least 4 members (excludes halogenated alkanes) is 1. The molecule has 3 heterocycles. The molecule has 1 N–H and O–H groups in total. The highest BCUT2D eigenvalue weighted by Crippen LogP contribution is 2.22. The molecule has 0 unspecified atom stereocenters. The molecule has 2 fully saturated rings. The van der Waals surface area contributed by atoms with Gasteiger partial charge in [0.1, 0.15) is 10.6 Å². The van der Waals surface area contributed by atoms with Gasteiger partial charge in [-0.15, -0.1) is 0 Å². The van der Waals surface area contributed by atoms with Crippen LogP contribution >= 0.6 is 0 Å². The zero-order valence-corrected chi connectivity index (χ0v) is 18.6. The molecular weight excluding hydrogens is 390 g/mol. The number of rotatable bonds is 9. The first-order valence-corrected chi connectivity index (χ1v) is 12.2. The Labute approximate surface area is 174 Å². The molecule has 9 heteroatoms. The number of carbonyl (C=O) groups is 1. The lowest BCUT2D eigenvalue weighted by Crippen LogP contribution is -2.46. The Bertz CT molecular complexity index is 778. The number of sulfonamides is 1. The molecule has 1 aromatic heterocycles. The van der Waals surface area contributed by atoms with E-state index in [0.29, 0.717) is 25.3 Å². The first kappa shape index (κ1) is 22.3. The van der Waals surface area contributed by atoms with Crippen molar-refractivity contribution in [3.63, 3.8) is 0 Å². The van der Waals surface area contributed by atoms with Crippen molar-refractivity contribution < 1.29 is 13.2 Å². The summed E-state index contributed by atoms with van der Waals surface area (Å²) in [6.07, 6.45) is 5.30. The number of hydrogen-bond acceptors (Lipinski definition) is 5. The van der Waals surface area contributed by atoms with E-state index in [2.05, 4.69) is 22.0 Å². The summed E-state index contributed by atoms with van der Waals surface area (Å²) in [6, 6.07) is 1.50. The van der Waals surface area contributed by atoms with Gasteiger partial charge in [0.15, 0.2) is 0 Å². The molecule has 0 radical (unpaired) electrons. The summed E-state index contributed by atoms with van der Waals surface area (Å²) in [5, 5.41) is 2.93. The summed E-state index contributed by atoms with van der Waals surface area (Å²) in [5.74, 6) is -0.216. The van der Waals surface area contributed by atoms with Gasteiger partial charge in [0.05, 0.1) is 0 Å². The van der Waals surface area contributed by atoms with E-state index in [-0.39, 0.29) is 10.8 Å². The van der Waals surface area contributed by atoms with E-state index < -0.39 is 10.0 Å². The predicted molar refractivity (Wildman–Crippen MR) is 114 cm³/mol. The summed E-state index contributed by atoms with van der Waals surface area (Å²) in [7, 11) is -1.78. The molecule has 8 nitrogen and oxygen atoms in total. The SMILES string of the molecule is CCN1CCN(CCCCNC(=O)c2cc(S(=O)(=O)N3CCCC3)cn2C)CC1. The van der Waals surface area contributed by atoms with Crippen LogP contribution in [0.4, 0.5) is 0 Å². The maximum atomic E-state index is 12.7. The van der Waals surface area contributed by atoms with Gasteiger partial charge in [-0.3, -0.25) is 4.79 Å². The summed E-state index contributed by atoms with van der Waals surface area (Å²) in [4.78, 5) is 17.7. The van der Waals surface area contributed by atoms with Gasteiger partial charge >= 0.3 is 0 Å². The normalized spacial score (nSPS) is 19.7. The zero-order valence-electron chi connectivity index (χ0n) is 17.8. The van der Waals surface area contributed by atoms with Crippen LogP contribution < -0.4 is 5.32 Å². The van der Waals surface area contributed by atoms with Gasteiger partial charge in [-0.05, 0) is 44.8 Å². The lowest BCUT2D eigenvalue weighted by Gasteiger charge is -2.33. The van der Waals surface area contributed by atoms with Gasteiger partial charge < -0.3 is 19.7 Å². The molecule has 0 bridgehead atoms. The van der Waals surface area contributed by atoms with E-state index in [4.69, 9.17) is 0 Å². The number of aromatic nitrogens is 1. The van der Waals surface area contributed by atoms with E-state index >= 15 is 0 Å². The summed E-state index contributed by atoms with van der Waals surface area (Å²) in [6.45, 7) is 10.7. The van der Waals surface area contributed by atoms with E-state index in [1.54, 1.807) is 17.8 Å². The number of aryl methyl sites for hydroxylation is 1. The van der Waals surface area contributed by atoms with E-state index in [1.807, 2.05) is 0 Å². The van der Waals surface area contributed by atoms with Crippen LogP contribution in [0.3, 0.4) is 0 Å². The fourth-order valence-electron chi connectivity index (χ4n) is 4.06. The number of amides is 1. The average molecular weight is 426 g/mol. The molecule has 3 rings (SSSR count). The molecule has 29 heavy (non-hydrogen) atoms. The molecule has 2 aliphatic heterocycles. The number of piperazine rings is 1. The monoisotopic (exact) mass is 425 g/mol. The predicted octanol–water partition coefficient (Wildman–Crippen LogP) is 0.957. The van der Waals surface area contributed by atoms with Gasteiger partial charge in [0.25, 0.3) is 5.91 Å². The summed E-state index contributed by atoms with van der Waals surface area (Å²) in [5.41, 5.74) is 0.387. The number of hydrogen-bond donors (Lipinski definition) is 1. The van der Waals surface area contributed by atoms with E-state index in [1.165, 1.54) is 10.4 Å². The number of nitrogens with zero attached hydrogens (tertiary/aromatic N) is 4. The third-order valence-electron chi connectivity index (χ3n) is 6.01. The van der Waals surface area contributed by atoms with Gasteiger partial charge in [0.2, 0.25) is 10.0 Å². The third-order valence-corrected chi connectivity index (χ3v) is 7.88. The molecule has 0 spiro atoms. The molecule has 1 amide bonds. The van der Waals surface area contributed by atoms with E-state index in [9.17, 15) is 13.2 Å². The molecular formula is C20H35N5O3S. The standard InChI is InChI=1S/C20H35N5O3S/c1-3-23-12-14-24(15-13-23)9-5-4-8-21-20(26)19-16-18(17-22(19)2)29(27,28)25-10-6-7-11-25/h16-17H,3-15H2,1-2H3,(H,21,26). The van der Waals surface area contributed by atoms with Crippen LogP contribution in [0.5, 0.6) is 0 Å². The van der Waals surface area contributed by atoms with Crippen molar-refractivity contribution in [1.29, 1.82) is 0 Å². The highest BCUT2D eigenvalue weighted by Gasteiger charge is 2.29. The van der Waals surface area contributed by atoms with E-state index in [0.717, 1.165) is 65.0 Å². The average Bonchev–Trinajstić information content (AvgIpc) is 3.38. The highest BCUT2D eigenvalue weighted by atomic mass is 32.2. The minimum Gasteiger partial charge on any atom is -0.351 e. The van der Waals surface area contributed by atoms with Crippen molar-refractivity contribution in [3.8, 4) is 0 Å². The van der Waals surface area contributed by atoms with Crippen LogP contribution in [-0.2, 0) is 17.1 Å². The van der Waals surface area contributed by atoms with Gasteiger partial charge in [0, 0.05) is 59.1 Å². The molecule has 164 valence electrons. The molecule has 0 aromatic carbocycles. The Morgan fingerprint density at radius 1 is 1.03 bits per heavy atom. The molecule has 0 saturated carbocycles. The highest BCUT2D eigenvalue weighted by molar-refractivity contribution is 7.89. The van der Waals surface area contributed by atoms with Crippen LogP contribution in [0.25, 0.3) is 0 Å². The van der Waals surface area contributed by atoms with Crippen LogP contribution in [0, 0.1) is 0 Å². The van der Waals surface area contributed by atoms with Crippen LogP contribution in [0.2, 0.25) is 0 Å². The van der Waals surface area contributed by atoms with Crippen molar-refractivity contribution in [3.05, 3.63) is 18.0 Å². The molecule has 0 atom stereocenters. The Morgan fingerprint density at radius 2 is 1.69 bits per heavy atom. The van der Waals surface area contributed by atoms with Crippen molar-refractivity contribution in [1.82, 2.24) is 24.0 Å². The quantitative estimate of drug-likeness (QED) is 0.596. The van der Waals surface area contributed by atoms with Gasteiger partial charge in [-0.1, -0.05) is 6.92 Å². The third kappa shape index (κ3) is 5.59. The maximum Gasteiger partial charge on any atom is 0.267 e. The lowest BCUT2D eigenvalue weighted by molar-refractivity contribution is 0.0943. The van der Waals surface area contributed by atoms with Crippen molar-refractivity contribution in [2.24, 2.45) is 7.05 Å². The molecule has 2 saturated heterocycles. The topological polar surface area (TPSA) is 77.9 Å². The fourth-order valence-corrected chi connectivity index (χ4v) is 5.65. The number of likely N-dealkylation sites (N-methyl/N-ethyl adjacent to an activating group) is 1. The Morgan fingerprint density at radius 3 is 2.34 bits per heavy atom. The number of nitrogens with one attached hydrogen (secondary N) is 1. The fraction of sp³-hybridized carbons (Fsp3) is 0.750. The summed E-state index contributed by atoms with van der Waals surface area (Å²) < 4.78 is 28.5. The zero-order chi connectivity index (χ0) is 20.9. The second-order valence-corrected chi connectivity index (χ2v) is 9.96. The maximum absolute atomic E-state index is 12.7. The van der Waals surface area contributed by atoms with Crippen molar-refractivity contribution in [2.75, 3.05) is 58.9 Å².